The monoisotopic (exact) mass is 144 g/mol. The minimum Gasteiger partial charge on any atom is -0.326 e. The molecule has 0 fully saturated rings. The van der Waals surface area contributed by atoms with Gasteiger partial charge in [0.1, 0.15) is 0 Å². The Hall–Kier alpha value is 0.500. The minimum atomic E-state index is -3.13. The molecule has 3 nitrogen and oxygen atoms in total. The number of hydrogen-bond donors (Lipinski definition) is 3. The van der Waals surface area contributed by atoms with Crippen molar-refractivity contribution in [1.82, 2.24) is 0 Å². The van der Waals surface area contributed by atoms with Crippen molar-refractivity contribution in [2.75, 3.05) is 5.75 Å². The molecule has 0 aromatic rings. The van der Waals surface area contributed by atoms with E-state index in [-0.39, 0.29) is 0 Å². The van der Waals surface area contributed by atoms with Gasteiger partial charge in [-0.1, -0.05) is 6.92 Å². The average Bonchev–Trinajstić information content (AvgIpc) is 1.33. The third kappa shape index (κ3) is 527. The predicted molar refractivity (Wildman–Crippen MR) is 33.0 cm³/mol. The first-order valence-corrected chi connectivity index (χ1v) is 3.61. The van der Waals surface area contributed by atoms with Crippen molar-refractivity contribution >= 4 is 20.9 Å². The maximum absolute atomic E-state index is 8.74. The lowest BCUT2D eigenvalue weighted by atomic mass is 11.0. The van der Waals surface area contributed by atoms with Crippen LogP contribution in [-0.4, -0.2) is 15.5 Å². The molecular formula is C2H9O3PS. The average molecular weight is 144 g/mol. The van der Waals surface area contributed by atoms with Crippen molar-refractivity contribution in [2.45, 2.75) is 6.92 Å². The van der Waals surface area contributed by atoms with E-state index in [1.165, 1.54) is 0 Å². The summed E-state index contributed by atoms with van der Waals surface area (Å²) < 4.78 is 8.74. The lowest BCUT2D eigenvalue weighted by molar-refractivity contribution is 0.405. The van der Waals surface area contributed by atoms with E-state index in [4.69, 9.17) is 14.4 Å². The Morgan fingerprint density at radius 2 is 1.71 bits per heavy atom. The van der Waals surface area contributed by atoms with Crippen LogP contribution in [0.5, 0.6) is 0 Å². The van der Waals surface area contributed by atoms with Crippen LogP contribution < -0.4 is 0 Å². The van der Waals surface area contributed by atoms with Crippen LogP contribution in [0, 0.1) is 0 Å². The predicted octanol–water partition coefficient (Wildman–Crippen LogP) is 0.297. The van der Waals surface area contributed by atoms with Gasteiger partial charge in [0.05, 0.1) is 0 Å². The highest BCUT2D eigenvalue weighted by molar-refractivity contribution is 7.80. The van der Waals surface area contributed by atoms with E-state index in [2.05, 4.69) is 12.6 Å². The molecular weight excluding hydrogens is 135 g/mol. The Labute approximate surface area is 48.7 Å². The van der Waals surface area contributed by atoms with Crippen molar-refractivity contribution in [3.8, 4) is 0 Å². The van der Waals surface area contributed by atoms with Gasteiger partial charge in [0, 0.05) is 0 Å². The van der Waals surface area contributed by atoms with E-state index >= 15 is 0 Å². The zero-order chi connectivity index (χ0) is 6.28. The van der Waals surface area contributed by atoms with E-state index in [0.29, 0.717) is 0 Å². The first-order valence-electron chi connectivity index (χ1n) is 1.67. The molecule has 0 atom stereocenters. The molecule has 2 N–H and O–H groups in total. The molecule has 0 heterocycles. The standard InChI is InChI=1S/C2H6S.H3O3P/c1-2-3;1-4(2)3/h3H,2H2,1H3;4H,(H2,1,2,3). The fourth-order valence-corrected chi connectivity index (χ4v) is 0. The fraction of sp³-hybridized carbons (Fsp3) is 1.00. The van der Waals surface area contributed by atoms with Gasteiger partial charge in [-0.05, 0) is 5.75 Å². The lowest BCUT2D eigenvalue weighted by Crippen LogP contribution is -1.38. The summed E-state index contributed by atoms with van der Waals surface area (Å²) in [4.78, 5) is 14.3. The van der Waals surface area contributed by atoms with Crippen molar-refractivity contribution in [1.29, 1.82) is 0 Å². The second-order valence-corrected chi connectivity index (χ2v) is 1.80. The van der Waals surface area contributed by atoms with E-state index in [1.54, 1.807) is 0 Å². The van der Waals surface area contributed by atoms with Gasteiger partial charge in [-0.3, -0.25) is 4.57 Å². The van der Waals surface area contributed by atoms with Crippen molar-refractivity contribution in [3.05, 3.63) is 0 Å². The molecule has 0 aliphatic carbocycles. The fourth-order valence-electron chi connectivity index (χ4n) is 0. The van der Waals surface area contributed by atoms with Gasteiger partial charge in [0.15, 0.2) is 0 Å². The van der Waals surface area contributed by atoms with Crippen LogP contribution in [0.3, 0.4) is 0 Å². The zero-order valence-corrected chi connectivity index (χ0v) is 5.85. The molecule has 0 aliphatic rings. The van der Waals surface area contributed by atoms with E-state index in [0.717, 1.165) is 5.75 Å². The molecule has 0 radical (unpaired) electrons. The summed E-state index contributed by atoms with van der Waals surface area (Å²) in [6, 6.07) is 0. The Balaban J connectivity index is 0. The van der Waals surface area contributed by atoms with E-state index in [9.17, 15) is 0 Å². The largest absolute Gasteiger partial charge is 0.326 e. The third-order valence-electron chi connectivity index (χ3n) is 0. The molecule has 0 amide bonds. The molecule has 0 aromatic carbocycles. The summed E-state index contributed by atoms with van der Waals surface area (Å²) in [5.74, 6) is 0.944. The topological polar surface area (TPSA) is 57.5 Å². The third-order valence-corrected chi connectivity index (χ3v) is 0. The first-order chi connectivity index (χ1) is 3.15. The Bertz CT molecular complexity index is 44.2. The normalized spacial score (nSPS) is 7.57. The summed E-state index contributed by atoms with van der Waals surface area (Å²) in [5.41, 5.74) is 0. The lowest BCUT2D eigenvalue weighted by Gasteiger charge is -1.61. The van der Waals surface area contributed by atoms with Gasteiger partial charge >= 0.3 is 8.25 Å². The van der Waals surface area contributed by atoms with Gasteiger partial charge in [0.2, 0.25) is 0 Å². The smallest absolute Gasteiger partial charge is 0.314 e. The highest BCUT2D eigenvalue weighted by atomic mass is 32.1. The molecule has 5 heteroatoms. The molecule has 0 saturated carbocycles. The van der Waals surface area contributed by atoms with Crippen molar-refractivity contribution < 1.29 is 14.4 Å². The number of hydrogen-bond acceptors (Lipinski definition) is 2. The maximum atomic E-state index is 8.74. The molecule has 0 unspecified atom stereocenters. The number of thiol groups is 1. The Morgan fingerprint density at radius 3 is 1.71 bits per heavy atom. The van der Waals surface area contributed by atoms with Crippen LogP contribution in [0.15, 0.2) is 0 Å². The summed E-state index contributed by atoms with van der Waals surface area (Å²) in [5, 5.41) is 0. The van der Waals surface area contributed by atoms with Crippen LogP contribution in [0.25, 0.3) is 0 Å². The number of rotatable bonds is 0. The van der Waals surface area contributed by atoms with Crippen LogP contribution in [0.4, 0.5) is 0 Å². The Morgan fingerprint density at radius 1 is 1.71 bits per heavy atom. The highest BCUT2D eigenvalue weighted by Crippen LogP contribution is 1.98. The molecule has 0 bridgehead atoms. The van der Waals surface area contributed by atoms with Gasteiger partial charge in [-0.2, -0.15) is 12.6 Å². The molecule has 46 valence electrons. The van der Waals surface area contributed by atoms with Gasteiger partial charge < -0.3 is 9.79 Å². The molecule has 0 rings (SSSR count). The molecule has 0 saturated heterocycles. The first kappa shape index (κ1) is 10.5. The quantitative estimate of drug-likeness (QED) is 0.338. The molecule has 0 aromatic heterocycles. The van der Waals surface area contributed by atoms with Crippen LogP contribution in [0.1, 0.15) is 6.92 Å². The minimum absolute atomic E-state index is 0.944. The summed E-state index contributed by atoms with van der Waals surface area (Å²) in [7, 11) is -3.13. The van der Waals surface area contributed by atoms with E-state index in [1.807, 2.05) is 6.92 Å². The molecule has 0 spiro atoms. The summed E-state index contributed by atoms with van der Waals surface area (Å²) >= 11 is 3.79. The van der Waals surface area contributed by atoms with Gasteiger partial charge in [0.25, 0.3) is 0 Å². The Kier molecular flexibility index (Phi) is 14.5. The van der Waals surface area contributed by atoms with Gasteiger partial charge in [-0.15, -0.1) is 0 Å². The second-order valence-electron chi connectivity index (χ2n) is 0.599. The zero-order valence-electron chi connectivity index (χ0n) is 3.96. The van der Waals surface area contributed by atoms with Crippen LogP contribution in [0.2, 0.25) is 0 Å². The van der Waals surface area contributed by atoms with E-state index < -0.39 is 8.25 Å². The SMILES string of the molecule is CCS.O=[PH](O)O. The van der Waals surface area contributed by atoms with Crippen LogP contribution in [-0.2, 0) is 4.57 Å². The summed E-state index contributed by atoms with van der Waals surface area (Å²) in [6.07, 6.45) is 0. The van der Waals surface area contributed by atoms with Crippen molar-refractivity contribution in [2.24, 2.45) is 0 Å². The molecule has 7 heavy (non-hydrogen) atoms. The van der Waals surface area contributed by atoms with Crippen molar-refractivity contribution in [3.63, 3.8) is 0 Å². The maximum Gasteiger partial charge on any atom is 0.314 e. The van der Waals surface area contributed by atoms with Gasteiger partial charge in [-0.25, -0.2) is 0 Å². The summed E-state index contributed by atoms with van der Waals surface area (Å²) in [6.45, 7) is 1.99. The second kappa shape index (κ2) is 9.71. The molecule has 0 aliphatic heterocycles. The highest BCUT2D eigenvalue weighted by Gasteiger charge is 1.61. The van der Waals surface area contributed by atoms with Crippen LogP contribution >= 0.6 is 20.9 Å².